The predicted octanol–water partition coefficient (Wildman–Crippen LogP) is 3.79. The lowest BCUT2D eigenvalue weighted by Gasteiger charge is -2.13. The fourth-order valence-corrected chi connectivity index (χ4v) is 1.89. The number of hydrogen-bond acceptors (Lipinski definition) is 2. The molecule has 21 heavy (non-hydrogen) atoms. The van der Waals surface area contributed by atoms with Crippen molar-refractivity contribution in [3.05, 3.63) is 46.0 Å². The molecule has 0 aliphatic carbocycles. The second-order valence-electron chi connectivity index (χ2n) is 4.45. The van der Waals surface area contributed by atoms with Crippen LogP contribution < -0.4 is 5.32 Å². The zero-order valence-corrected chi connectivity index (χ0v) is 13.0. The standard InChI is InChI=1S/C14H15BrF3NO2/c1-9(2)8-21-6-5-19-13(20)11-4-3-10(15)7-12(11)14(16,17)18/h3-4,7H,1,5-6,8H2,2H3,(H,19,20). The largest absolute Gasteiger partial charge is 0.417 e. The van der Waals surface area contributed by atoms with Crippen LogP contribution in [-0.2, 0) is 10.9 Å². The Hall–Kier alpha value is -1.34. The van der Waals surface area contributed by atoms with Crippen molar-refractivity contribution in [3.8, 4) is 0 Å². The molecule has 116 valence electrons. The first kappa shape index (κ1) is 17.7. The van der Waals surface area contributed by atoms with E-state index < -0.39 is 23.2 Å². The number of hydrogen-bond donors (Lipinski definition) is 1. The number of halogens is 4. The topological polar surface area (TPSA) is 38.3 Å². The molecule has 1 N–H and O–H groups in total. The number of rotatable bonds is 6. The van der Waals surface area contributed by atoms with Crippen LogP contribution in [0.4, 0.5) is 13.2 Å². The van der Waals surface area contributed by atoms with E-state index in [9.17, 15) is 18.0 Å². The van der Waals surface area contributed by atoms with Crippen LogP contribution in [0.5, 0.6) is 0 Å². The van der Waals surface area contributed by atoms with Crippen LogP contribution in [-0.4, -0.2) is 25.7 Å². The quantitative estimate of drug-likeness (QED) is 0.615. The molecule has 0 unspecified atom stereocenters. The average molecular weight is 366 g/mol. The van der Waals surface area contributed by atoms with Crippen LogP contribution >= 0.6 is 15.9 Å². The van der Waals surface area contributed by atoms with Gasteiger partial charge in [-0.3, -0.25) is 4.79 Å². The third-order valence-corrected chi connectivity index (χ3v) is 2.91. The van der Waals surface area contributed by atoms with Gasteiger partial charge in [-0.2, -0.15) is 13.2 Å². The van der Waals surface area contributed by atoms with Crippen molar-refractivity contribution in [1.82, 2.24) is 5.32 Å². The molecule has 0 aliphatic rings. The molecule has 0 spiro atoms. The van der Waals surface area contributed by atoms with E-state index >= 15 is 0 Å². The summed E-state index contributed by atoms with van der Waals surface area (Å²) in [4.78, 5) is 11.8. The molecule has 0 heterocycles. The van der Waals surface area contributed by atoms with Crippen molar-refractivity contribution in [2.24, 2.45) is 0 Å². The van der Waals surface area contributed by atoms with E-state index in [1.165, 1.54) is 6.07 Å². The molecule has 0 bridgehead atoms. The van der Waals surface area contributed by atoms with Gasteiger partial charge < -0.3 is 10.1 Å². The molecule has 7 heteroatoms. The summed E-state index contributed by atoms with van der Waals surface area (Å²) >= 11 is 2.96. The highest BCUT2D eigenvalue weighted by Crippen LogP contribution is 2.33. The SMILES string of the molecule is C=C(C)COCCNC(=O)c1ccc(Br)cc1C(F)(F)F. The van der Waals surface area contributed by atoms with E-state index in [4.69, 9.17) is 4.74 Å². The van der Waals surface area contributed by atoms with E-state index in [1.54, 1.807) is 6.92 Å². The van der Waals surface area contributed by atoms with Gasteiger partial charge in [0.25, 0.3) is 5.91 Å². The van der Waals surface area contributed by atoms with E-state index in [1.807, 2.05) is 0 Å². The van der Waals surface area contributed by atoms with Gasteiger partial charge in [-0.25, -0.2) is 0 Å². The molecular weight excluding hydrogens is 351 g/mol. The molecule has 0 radical (unpaired) electrons. The van der Waals surface area contributed by atoms with E-state index in [-0.39, 0.29) is 17.6 Å². The first-order chi connectivity index (χ1) is 9.71. The highest BCUT2D eigenvalue weighted by Gasteiger charge is 2.35. The Labute approximate surface area is 129 Å². The number of alkyl halides is 3. The monoisotopic (exact) mass is 365 g/mol. The number of ether oxygens (including phenoxy) is 1. The fourth-order valence-electron chi connectivity index (χ4n) is 1.53. The van der Waals surface area contributed by atoms with Crippen LogP contribution in [0, 0.1) is 0 Å². The van der Waals surface area contributed by atoms with Crippen molar-refractivity contribution in [2.75, 3.05) is 19.8 Å². The normalized spacial score (nSPS) is 11.3. The van der Waals surface area contributed by atoms with Gasteiger partial charge >= 0.3 is 6.18 Å². The minimum Gasteiger partial charge on any atom is -0.375 e. The van der Waals surface area contributed by atoms with Crippen molar-refractivity contribution in [3.63, 3.8) is 0 Å². The molecule has 1 aromatic rings. The second kappa shape index (κ2) is 7.61. The molecule has 0 aliphatic heterocycles. The van der Waals surface area contributed by atoms with E-state index in [0.717, 1.165) is 17.7 Å². The lowest BCUT2D eigenvalue weighted by molar-refractivity contribution is -0.138. The maximum Gasteiger partial charge on any atom is 0.417 e. The number of nitrogens with one attached hydrogen (secondary N) is 1. The number of benzene rings is 1. The van der Waals surface area contributed by atoms with Gasteiger partial charge in [0.2, 0.25) is 0 Å². The van der Waals surface area contributed by atoms with Gasteiger partial charge in [0, 0.05) is 11.0 Å². The summed E-state index contributed by atoms with van der Waals surface area (Å²) in [5.74, 6) is -0.784. The van der Waals surface area contributed by atoms with Crippen LogP contribution in [0.2, 0.25) is 0 Å². The van der Waals surface area contributed by atoms with Gasteiger partial charge in [0.05, 0.1) is 24.3 Å². The lowest BCUT2D eigenvalue weighted by Crippen LogP contribution is -2.29. The van der Waals surface area contributed by atoms with Gasteiger partial charge in [0.15, 0.2) is 0 Å². The minimum absolute atomic E-state index is 0.124. The summed E-state index contributed by atoms with van der Waals surface area (Å²) in [5, 5.41) is 2.40. The van der Waals surface area contributed by atoms with Crippen LogP contribution in [0.15, 0.2) is 34.8 Å². The van der Waals surface area contributed by atoms with E-state index in [0.29, 0.717) is 6.61 Å². The number of amides is 1. The lowest BCUT2D eigenvalue weighted by atomic mass is 10.1. The van der Waals surface area contributed by atoms with Crippen LogP contribution in [0.25, 0.3) is 0 Å². The Balaban J connectivity index is 2.68. The van der Waals surface area contributed by atoms with Crippen molar-refractivity contribution in [1.29, 1.82) is 0 Å². The van der Waals surface area contributed by atoms with Gasteiger partial charge in [-0.1, -0.05) is 28.1 Å². The third-order valence-electron chi connectivity index (χ3n) is 2.41. The Morgan fingerprint density at radius 1 is 1.43 bits per heavy atom. The average Bonchev–Trinajstić information content (AvgIpc) is 2.36. The molecule has 1 aromatic carbocycles. The van der Waals surface area contributed by atoms with Gasteiger partial charge in [-0.15, -0.1) is 0 Å². The summed E-state index contributed by atoms with van der Waals surface area (Å²) < 4.78 is 44.1. The van der Waals surface area contributed by atoms with E-state index in [2.05, 4.69) is 27.8 Å². The Kier molecular flexibility index (Phi) is 6.42. The number of carbonyl (C=O) groups excluding carboxylic acids is 1. The Morgan fingerprint density at radius 3 is 2.67 bits per heavy atom. The Morgan fingerprint density at radius 2 is 2.10 bits per heavy atom. The first-order valence-electron chi connectivity index (χ1n) is 6.09. The van der Waals surface area contributed by atoms with Gasteiger partial charge in [-0.05, 0) is 25.1 Å². The summed E-state index contributed by atoms with van der Waals surface area (Å²) in [7, 11) is 0. The second-order valence-corrected chi connectivity index (χ2v) is 5.37. The maximum atomic E-state index is 12.9. The van der Waals surface area contributed by atoms with Crippen molar-refractivity contribution in [2.45, 2.75) is 13.1 Å². The molecular formula is C14H15BrF3NO2. The molecule has 0 saturated heterocycles. The molecule has 3 nitrogen and oxygen atoms in total. The maximum absolute atomic E-state index is 12.9. The zero-order chi connectivity index (χ0) is 16.0. The summed E-state index contributed by atoms with van der Waals surface area (Å²) in [5.41, 5.74) is -0.559. The molecule has 0 saturated carbocycles. The van der Waals surface area contributed by atoms with Crippen LogP contribution in [0.1, 0.15) is 22.8 Å². The third kappa shape index (κ3) is 5.89. The highest BCUT2D eigenvalue weighted by molar-refractivity contribution is 9.10. The predicted molar refractivity (Wildman–Crippen MR) is 77.1 cm³/mol. The summed E-state index contributed by atoms with van der Waals surface area (Å²) in [6, 6.07) is 3.41. The molecule has 0 atom stereocenters. The molecule has 1 rings (SSSR count). The van der Waals surface area contributed by atoms with Gasteiger partial charge in [0.1, 0.15) is 0 Å². The summed E-state index contributed by atoms with van der Waals surface area (Å²) in [6.45, 7) is 6.11. The zero-order valence-electron chi connectivity index (χ0n) is 11.4. The first-order valence-corrected chi connectivity index (χ1v) is 6.88. The highest BCUT2D eigenvalue weighted by atomic mass is 79.9. The fraction of sp³-hybridized carbons (Fsp3) is 0.357. The van der Waals surface area contributed by atoms with Crippen LogP contribution in [0.3, 0.4) is 0 Å². The molecule has 1 amide bonds. The number of carbonyl (C=O) groups is 1. The summed E-state index contributed by atoms with van der Waals surface area (Å²) in [6.07, 6.45) is -4.59. The smallest absolute Gasteiger partial charge is 0.375 e. The van der Waals surface area contributed by atoms with Crippen molar-refractivity contribution >= 4 is 21.8 Å². The Bertz CT molecular complexity index is 529. The van der Waals surface area contributed by atoms with Crippen molar-refractivity contribution < 1.29 is 22.7 Å². The minimum atomic E-state index is -4.59. The molecule has 0 aromatic heterocycles. The molecule has 0 fully saturated rings.